The van der Waals surface area contributed by atoms with Crippen molar-refractivity contribution in [1.29, 1.82) is 0 Å². The maximum Gasteiger partial charge on any atom is 0.0388 e. The largest absolute Gasteiger partial charge is 0.382 e. The van der Waals surface area contributed by atoms with E-state index in [4.69, 9.17) is 0 Å². The standard InChI is InChI=1S/C16H24N2/c1-2-17-11-14-5-3-4-6-15(14)18-16-10-12-7-8-13(16)9-12/h3-6,12-13,16-18H,2,7-11H2,1H3. The van der Waals surface area contributed by atoms with Gasteiger partial charge in [-0.25, -0.2) is 0 Å². The van der Waals surface area contributed by atoms with Crippen LogP contribution in [0.2, 0.25) is 0 Å². The van der Waals surface area contributed by atoms with Gasteiger partial charge in [0, 0.05) is 18.3 Å². The van der Waals surface area contributed by atoms with Crippen molar-refractivity contribution in [2.75, 3.05) is 11.9 Å². The lowest BCUT2D eigenvalue weighted by atomic mass is 9.95. The van der Waals surface area contributed by atoms with Crippen molar-refractivity contribution in [2.24, 2.45) is 11.8 Å². The van der Waals surface area contributed by atoms with Gasteiger partial charge in [-0.15, -0.1) is 0 Å². The molecule has 0 saturated heterocycles. The highest BCUT2D eigenvalue weighted by atomic mass is 15.0. The molecule has 2 saturated carbocycles. The number of rotatable bonds is 5. The van der Waals surface area contributed by atoms with E-state index in [9.17, 15) is 0 Å². The highest BCUT2D eigenvalue weighted by Crippen LogP contribution is 2.45. The molecule has 2 heteroatoms. The van der Waals surface area contributed by atoms with Crippen molar-refractivity contribution < 1.29 is 0 Å². The van der Waals surface area contributed by atoms with Crippen molar-refractivity contribution in [2.45, 2.75) is 45.2 Å². The van der Waals surface area contributed by atoms with E-state index < -0.39 is 0 Å². The smallest absolute Gasteiger partial charge is 0.0388 e. The van der Waals surface area contributed by atoms with Crippen molar-refractivity contribution in [3.05, 3.63) is 29.8 Å². The number of benzene rings is 1. The summed E-state index contributed by atoms with van der Waals surface area (Å²) in [4.78, 5) is 0. The Morgan fingerprint density at radius 1 is 1.17 bits per heavy atom. The average molecular weight is 244 g/mol. The molecule has 2 bridgehead atoms. The molecule has 0 amide bonds. The number of hydrogen-bond donors (Lipinski definition) is 2. The number of nitrogens with one attached hydrogen (secondary N) is 2. The van der Waals surface area contributed by atoms with E-state index in [0.717, 1.165) is 31.0 Å². The Labute approximate surface area is 110 Å². The van der Waals surface area contributed by atoms with Gasteiger partial charge in [-0.1, -0.05) is 31.5 Å². The molecule has 2 aliphatic rings. The molecule has 0 radical (unpaired) electrons. The fourth-order valence-electron chi connectivity index (χ4n) is 3.70. The fraction of sp³-hybridized carbons (Fsp3) is 0.625. The molecule has 3 rings (SSSR count). The van der Waals surface area contributed by atoms with E-state index >= 15 is 0 Å². The van der Waals surface area contributed by atoms with Crippen LogP contribution in [0.4, 0.5) is 5.69 Å². The Morgan fingerprint density at radius 3 is 2.78 bits per heavy atom. The predicted octanol–water partition coefficient (Wildman–Crippen LogP) is 3.40. The van der Waals surface area contributed by atoms with Crippen LogP contribution in [0.3, 0.4) is 0 Å². The SMILES string of the molecule is CCNCc1ccccc1NC1CC2CCC1C2. The molecular formula is C16H24N2. The predicted molar refractivity (Wildman–Crippen MR) is 76.7 cm³/mol. The third-order valence-electron chi connectivity index (χ3n) is 4.66. The average Bonchev–Trinajstić information content (AvgIpc) is 3.00. The third-order valence-corrected chi connectivity index (χ3v) is 4.66. The van der Waals surface area contributed by atoms with E-state index in [1.54, 1.807) is 0 Å². The van der Waals surface area contributed by atoms with Crippen LogP contribution in [0, 0.1) is 11.8 Å². The molecule has 1 aromatic carbocycles. The minimum atomic E-state index is 0.728. The van der Waals surface area contributed by atoms with Gasteiger partial charge in [0.25, 0.3) is 0 Å². The summed E-state index contributed by atoms with van der Waals surface area (Å²) in [5.41, 5.74) is 2.75. The van der Waals surface area contributed by atoms with Crippen LogP contribution in [0.5, 0.6) is 0 Å². The van der Waals surface area contributed by atoms with Crippen LogP contribution in [-0.4, -0.2) is 12.6 Å². The van der Waals surface area contributed by atoms with E-state index in [-0.39, 0.29) is 0 Å². The molecule has 0 aliphatic heterocycles. The van der Waals surface area contributed by atoms with E-state index in [1.807, 2.05) is 0 Å². The van der Waals surface area contributed by atoms with Crippen LogP contribution in [-0.2, 0) is 6.54 Å². The summed E-state index contributed by atoms with van der Waals surface area (Å²) >= 11 is 0. The first-order chi connectivity index (χ1) is 8.86. The first-order valence-corrected chi connectivity index (χ1v) is 7.42. The Morgan fingerprint density at radius 2 is 2.06 bits per heavy atom. The van der Waals surface area contributed by atoms with Gasteiger partial charge in [0.05, 0.1) is 0 Å². The zero-order valence-corrected chi connectivity index (χ0v) is 11.3. The molecule has 1 aromatic rings. The summed E-state index contributed by atoms with van der Waals surface area (Å²) in [6, 6.07) is 9.48. The second-order valence-electron chi connectivity index (χ2n) is 5.86. The lowest BCUT2D eigenvalue weighted by molar-refractivity contribution is 0.439. The fourth-order valence-corrected chi connectivity index (χ4v) is 3.70. The van der Waals surface area contributed by atoms with Gasteiger partial charge in [-0.2, -0.15) is 0 Å². The molecule has 3 atom stereocenters. The van der Waals surface area contributed by atoms with E-state index in [0.29, 0.717) is 0 Å². The molecule has 0 aromatic heterocycles. The molecule has 18 heavy (non-hydrogen) atoms. The van der Waals surface area contributed by atoms with Crippen LogP contribution >= 0.6 is 0 Å². The molecule has 98 valence electrons. The van der Waals surface area contributed by atoms with Crippen molar-refractivity contribution >= 4 is 5.69 Å². The Hall–Kier alpha value is -1.02. The maximum atomic E-state index is 3.81. The van der Waals surface area contributed by atoms with Gasteiger partial charge in [0.15, 0.2) is 0 Å². The summed E-state index contributed by atoms with van der Waals surface area (Å²) in [6.07, 6.45) is 5.77. The van der Waals surface area contributed by atoms with Crippen molar-refractivity contribution in [1.82, 2.24) is 5.32 Å². The topological polar surface area (TPSA) is 24.1 Å². The summed E-state index contributed by atoms with van der Waals surface area (Å²) in [6.45, 7) is 4.16. The van der Waals surface area contributed by atoms with Gasteiger partial charge >= 0.3 is 0 Å². The van der Waals surface area contributed by atoms with Gasteiger partial charge in [-0.3, -0.25) is 0 Å². The van der Waals surface area contributed by atoms with E-state index in [1.165, 1.54) is 36.9 Å². The molecule has 0 heterocycles. The number of fused-ring (bicyclic) bond motifs is 2. The van der Waals surface area contributed by atoms with Crippen LogP contribution in [0.1, 0.15) is 38.2 Å². The number of hydrogen-bond acceptors (Lipinski definition) is 2. The molecule has 2 fully saturated rings. The van der Waals surface area contributed by atoms with Crippen LogP contribution in [0.15, 0.2) is 24.3 Å². The highest BCUT2D eigenvalue weighted by molar-refractivity contribution is 5.52. The van der Waals surface area contributed by atoms with Gasteiger partial charge < -0.3 is 10.6 Å². The number of para-hydroxylation sites is 1. The zero-order valence-electron chi connectivity index (χ0n) is 11.3. The molecule has 0 spiro atoms. The zero-order chi connectivity index (χ0) is 12.4. The highest BCUT2D eigenvalue weighted by Gasteiger charge is 2.39. The minimum absolute atomic E-state index is 0.728. The monoisotopic (exact) mass is 244 g/mol. The second-order valence-corrected chi connectivity index (χ2v) is 5.86. The summed E-state index contributed by atoms with van der Waals surface area (Å²) in [5, 5.41) is 7.23. The quantitative estimate of drug-likeness (QED) is 0.829. The lowest BCUT2D eigenvalue weighted by Crippen LogP contribution is -2.26. The molecule has 2 nitrogen and oxygen atoms in total. The van der Waals surface area contributed by atoms with Crippen molar-refractivity contribution in [3.8, 4) is 0 Å². The molecular weight excluding hydrogens is 220 g/mol. The Balaban J connectivity index is 1.68. The van der Waals surface area contributed by atoms with Gasteiger partial charge in [0.2, 0.25) is 0 Å². The first-order valence-electron chi connectivity index (χ1n) is 7.42. The van der Waals surface area contributed by atoms with Crippen LogP contribution < -0.4 is 10.6 Å². The number of anilines is 1. The molecule has 2 N–H and O–H groups in total. The maximum absolute atomic E-state index is 3.81. The normalized spacial score (nSPS) is 29.7. The van der Waals surface area contributed by atoms with E-state index in [2.05, 4.69) is 41.8 Å². The van der Waals surface area contributed by atoms with Crippen LogP contribution in [0.25, 0.3) is 0 Å². The molecule has 2 aliphatic carbocycles. The third kappa shape index (κ3) is 2.39. The Bertz CT molecular complexity index is 402. The Kier molecular flexibility index (Phi) is 3.55. The summed E-state index contributed by atoms with van der Waals surface area (Å²) < 4.78 is 0. The lowest BCUT2D eigenvalue weighted by Gasteiger charge is -2.25. The van der Waals surface area contributed by atoms with Gasteiger partial charge in [0.1, 0.15) is 0 Å². The van der Waals surface area contributed by atoms with Gasteiger partial charge in [-0.05, 0) is 49.3 Å². The van der Waals surface area contributed by atoms with Crippen molar-refractivity contribution in [3.63, 3.8) is 0 Å². The second kappa shape index (κ2) is 5.31. The minimum Gasteiger partial charge on any atom is -0.382 e. The first kappa shape index (κ1) is 12.0. The summed E-state index contributed by atoms with van der Waals surface area (Å²) in [5.74, 6) is 1.94. The molecule has 3 unspecified atom stereocenters. The summed E-state index contributed by atoms with van der Waals surface area (Å²) in [7, 11) is 0.